The number of carboxylic acid groups (broad SMARTS) is 1. The van der Waals surface area contributed by atoms with Gasteiger partial charge in [-0.1, -0.05) is 30.3 Å². The highest BCUT2D eigenvalue weighted by molar-refractivity contribution is 5.89. The van der Waals surface area contributed by atoms with E-state index in [1.165, 1.54) is 16.7 Å². The lowest BCUT2D eigenvalue weighted by Gasteiger charge is -2.14. The van der Waals surface area contributed by atoms with Crippen LogP contribution in [-0.2, 0) is 25.7 Å². The Bertz CT molecular complexity index is 671. The Morgan fingerprint density at radius 3 is 2.15 bits per heavy atom. The zero-order valence-electron chi connectivity index (χ0n) is 11.6. The number of aromatic carboxylic acids is 1. The number of rotatable bonds is 1. The van der Waals surface area contributed by atoms with Crippen molar-refractivity contribution < 1.29 is 9.90 Å². The van der Waals surface area contributed by atoms with E-state index in [1.54, 1.807) is 0 Å². The Kier molecular flexibility index (Phi) is 3.31. The fraction of sp³-hybridized carbons (Fsp3) is 0.278. The molecule has 2 aromatic rings. The molecule has 0 unspecified atom stereocenters. The molecule has 4 aliphatic carbocycles. The summed E-state index contributed by atoms with van der Waals surface area (Å²) < 4.78 is 0. The molecule has 2 nitrogen and oxygen atoms in total. The van der Waals surface area contributed by atoms with Crippen LogP contribution in [0.3, 0.4) is 0 Å². The van der Waals surface area contributed by atoms with Crippen LogP contribution in [0.4, 0.5) is 0 Å². The third-order valence-electron chi connectivity index (χ3n) is 4.18. The second-order valence-electron chi connectivity index (χ2n) is 5.56. The van der Waals surface area contributed by atoms with Crippen LogP contribution >= 0.6 is 0 Å². The molecule has 0 amide bonds. The number of aryl methyl sites for hydroxylation is 5. The minimum Gasteiger partial charge on any atom is -0.478 e. The van der Waals surface area contributed by atoms with E-state index in [1.807, 2.05) is 12.1 Å². The minimum absolute atomic E-state index is 0.468. The van der Waals surface area contributed by atoms with E-state index in [-0.39, 0.29) is 0 Å². The number of hydrogen-bond donors (Lipinski definition) is 1. The van der Waals surface area contributed by atoms with Crippen molar-refractivity contribution in [2.24, 2.45) is 0 Å². The topological polar surface area (TPSA) is 37.3 Å². The predicted octanol–water partition coefficient (Wildman–Crippen LogP) is 3.58. The van der Waals surface area contributed by atoms with E-state index in [4.69, 9.17) is 0 Å². The normalized spacial score (nSPS) is 13.8. The van der Waals surface area contributed by atoms with Gasteiger partial charge in [0.25, 0.3) is 0 Å². The van der Waals surface area contributed by atoms with Crippen LogP contribution in [0.25, 0.3) is 0 Å². The lowest BCUT2D eigenvalue weighted by molar-refractivity contribution is 0.0695. The van der Waals surface area contributed by atoms with E-state index in [0.29, 0.717) is 5.56 Å². The molecular weight excluding hydrogens is 248 g/mol. The van der Waals surface area contributed by atoms with E-state index in [9.17, 15) is 9.90 Å². The standard InChI is InChI=1S/C18H18O2/c1-12-10-13-2-3-14-5-7-16(17(11-14)18(19)20)9-8-15(12)6-4-13/h4-7,10-11H,2-3,8-9H2,1H3,(H,19,20). The lowest BCUT2D eigenvalue weighted by atomic mass is 9.91. The Morgan fingerprint density at radius 2 is 1.50 bits per heavy atom. The zero-order valence-corrected chi connectivity index (χ0v) is 11.6. The first-order valence-corrected chi connectivity index (χ1v) is 7.07. The maximum atomic E-state index is 11.4. The number of carboxylic acids is 1. The van der Waals surface area contributed by atoms with Crippen LogP contribution in [-0.4, -0.2) is 11.1 Å². The Balaban J connectivity index is 2.06. The average molecular weight is 266 g/mol. The molecule has 0 fully saturated rings. The Morgan fingerprint density at radius 1 is 0.900 bits per heavy atom. The van der Waals surface area contributed by atoms with Crippen LogP contribution in [0.15, 0.2) is 36.4 Å². The van der Waals surface area contributed by atoms with Crippen LogP contribution in [0.5, 0.6) is 0 Å². The van der Waals surface area contributed by atoms with E-state index >= 15 is 0 Å². The first-order valence-electron chi connectivity index (χ1n) is 7.07. The summed E-state index contributed by atoms with van der Waals surface area (Å²) in [7, 11) is 0. The van der Waals surface area contributed by atoms with Crippen molar-refractivity contribution in [3.8, 4) is 0 Å². The Hall–Kier alpha value is -2.09. The van der Waals surface area contributed by atoms with Gasteiger partial charge in [-0.25, -0.2) is 4.79 Å². The first kappa shape index (κ1) is 12.9. The third kappa shape index (κ3) is 2.46. The second-order valence-corrected chi connectivity index (χ2v) is 5.56. The van der Waals surface area contributed by atoms with Crippen molar-refractivity contribution in [3.05, 3.63) is 69.8 Å². The summed E-state index contributed by atoms with van der Waals surface area (Å²) in [6, 6.07) is 12.6. The van der Waals surface area contributed by atoms with Gasteiger partial charge in [0.1, 0.15) is 0 Å². The van der Waals surface area contributed by atoms with Crippen LogP contribution < -0.4 is 0 Å². The molecule has 0 spiro atoms. The van der Waals surface area contributed by atoms with Crippen LogP contribution in [0.1, 0.15) is 38.2 Å². The summed E-state index contributed by atoms with van der Waals surface area (Å²) in [6.07, 6.45) is 3.52. The van der Waals surface area contributed by atoms with Crippen LogP contribution in [0.2, 0.25) is 0 Å². The molecule has 102 valence electrons. The fourth-order valence-corrected chi connectivity index (χ4v) is 2.95. The summed E-state index contributed by atoms with van der Waals surface area (Å²) in [5.41, 5.74) is 6.46. The van der Waals surface area contributed by atoms with Crippen molar-refractivity contribution >= 4 is 5.97 Å². The van der Waals surface area contributed by atoms with Crippen molar-refractivity contribution in [2.45, 2.75) is 32.6 Å². The van der Waals surface area contributed by atoms with Gasteiger partial charge >= 0.3 is 5.97 Å². The molecule has 20 heavy (non-hydrogen) atoms. The maximum absolute atomic E-state index is 11.4. The van der Waals surface area contributed by atoms with E-state index < -0.39 is 5.97 Å². The number of hydrogen-bond acceptors (Lipinski definition) is 1. The molecule has 2 aromatic carbocycles. The van der Waals surface area contributed by atoms with Gasteiger partial charge in [-0.2, -0.15) is 0 Å². The van der Waals surface area contributed by atoms with Crippen molar-refractivity contribution in [2.75, 3.05) is 0 Å². The maximum Gasteiger partial charge on any atom is 0.335 e. The molecule has 0 aliphatic heterocycles. The monoisotopic (exact) mass is 266 g/mol. The summed E-state index contributed by atoms with van der Waals surface area (Å²) in [4.78, 5) is 11.4. The molecule has 2 heteroatoms. The minimum atomic E-state index is -0.815. The highest BCUT2D eigenvalue weighted by Gasteiger charge is 2.13. The highest BCUT2D eigenvalue weighted by Crippen LogP contribution is 2.21. The van der Waals surface area contributed by atoms with Gasteiger partial charge in [0.2, 0.25) is 0 Å². The molecule has 0 aromatic heterocycles. The number of benzene rings is 2. The summed E-state index contributed by atoms with van der Waals surface area (Å²) in [5, 5.41) is 9.38. The van der Waals surface area contributed by atoms with Gasteiger partial charge in [-0.3, -0.25) is 0 Å². The molecule has 0 saturated heterocycles. The SMILES string of the molecule is Cc1cc2ccc1CCc1ccc(cc1C(=O)O)CC2. The largest absolute Gasteiger partial charge is 0.478 e. The van der Waals surface area contributed by atoms with Crippen molar-refractivity contribution in [1.82, 2.24) is 0 Å². The molecule has 4 aliphatic rings. The molecule has 0 atom stereocenters. The van der Waals surface area contributed by atoms with Gasteiger partial charge in [-0.05, 0) is 66.5 Å². The van der Waals surface area contributed by atoms with Crippen LogP contribution in [0, 0.1) is 6.92 Å². The Labute approximate surface area is 119 Å². The first-order chi connectivity index (χ1) is 9.63. The van der Waals surface area contributed by atoms with Gasteiger partial charge < -0.3 is 5.11 Å². The van der Waals surface area contributed by atoms with Gasteiger partial charge in [-0.15, -0.1) is 0 Å². The summed E-state index contributed by atoms with van der Waals surface area (Å²) in [5.74, 6) is -0.815. The second kappa shape index (κ2) is 5.12. The lowest BCUT2D eigenvalue weighted by Crippen LogP contribution is -2.07. The quantitative estimate of drug-likeness (QED) is 0.856. The smallest absolute Gasteiger partial charge is 0.335 e. The molecular formula is C18H18O2. The molecule has 1 N–H and O–H groups in total. The van der Waals surface area contributed by atoms with Crippen molar-refractivity contribution in [1.29, 1.82) is 0 Å². The van der Waals surface area contributed by atoms with Gasteiger partial charge in [0, 0.05) is 0 Å². The van der Waals surface area contributed by atoms with Gasteiger partial charge in [0.15, 0.2) is 0 Å². The highest BCUT2D eigenvalue weighted by atomic mass is 16.4. The number of carbonyl (C=O) groups is 1. The van der Waals surface area contributed by atoms with Gasteiger partial charge in [0.05, 0.1) is 5.56 Å². The summed E-state index contributed by atoms with van der Waals surface area (Å²) >= 11 is 0. The van der Waals surface area contributed by atoms with E-state index in [2.05, 4.69) is 31.2 Å². The van der Waals surface area contributed by atoms with Crippen molar-refractivity contribution in [3.63, 3.8) is 0 Å². The molecule has 4 bridgehead atoms. The summed E-state index contributed by atoms with van der Waals surface area (Å²) in [6.45, 7) is 2.14. The third-order valence-corrected chi connectivity index (χ3v) is 4.18. The molecule has 0 radical (unpaired) electrons. The average Bonchev–Trinajstić information content (AvgIpc) is 2.42. The predicted molar refractivity (Wildman–Crippen MR) is 79.4 cm³/mol. The fourth-order valence-electron chi connectivity index (χ4n) is 2.95. The zero-order chi connectivity index (χ0) is 14.1. The molecule has 0 heterocycles. The molecule has 6 rings (SSSR count). The van der Waals surface area contributed by atoms with E-state index in [0.717, 1.165) is 36.8 Å². The molecule has 0 saturated carbocycles.